The van der Waals surface area contributed by atoms with Gasteiger partial charge in [0.25, 0.3) is 5.56 Å². The first-order valence-electron chi connectivity index (χ1n) is 11.2. The van der Waals surface area contributed by atoms with Crippen LogP contribution in [0, 0.1) is 11.7 Å². The lowest BCUT2D eigenvalue weighted by atomic mass is 10.0. The molecule has 0 saturated carbocycles. The Morgan fingerprint density at radius 2 is 1.94 bits per heavy atom. The fraction of sp³-hybridized carbons (Fsp3) is 0.500. The van der Waals surface area contributed by atoms with Gasteiger partial charge in [0.15, 0.2) is 0 Å². The molecule has 1 aromatic heterocycles. The van der Waals surface area contributed by atoms with Crippen LogP contribution in [0.25, 0.3) is 0 Å². The molecular formula is C22H29FN3O9P. The van der Waals surface area contributed by atoms with E-state index in [0.717, 1.165) is 4.57 Å². The van der Waals surface area contributed by atoms with E-state index in [1.165, 1.54) is 19.1 Å². The Morgan fingerprint density at radius 1 is 1.28 bits per heavy atom. The molecule has 1 fully saturated rings. The Kier molecular flexibility index (Phi) is 8.85. The number of carbonyl (C=O) groups is 1. The second kappa shape index (κ2) is 11.5. The van der Waals surface area contributed by atoms with Gasteiger partial charge >= 0.3 is 19.4 Å². The number of aliphatic hydroxyl groups is 1. The molecule has 36 heavy (non-hydrogen) atoms. The number of aliphatic hydroxyl groups excluding tert-OH is 1. The molecule has 2 heterocycles. The summed E-state index contributed by atoms with van der Waals surface area (Å²) in [5, 5.41) is 13.2. The molecule has 198 valence electrons. The molecule has 0 spiro atoms. The highest BCUT2D eigenvalue weighted by molar-refractivity contribution is 7.52. The molecule has 1 aliphatic heterocycles. The van der Waals surface area contributed by atoms with E-state index >= 15 is 0 Å². The topological polar surface area (TPSA) is 158 Å². The summed E-state index contributed by atoms with van der Waals surface area (Å²) >= 11 is 0. The average Bonchev–Trinajstić information content (AvgIpc) is 3.08. The van der Waals surface area contributed by atoms with Crippen LogP contribution in [0.3, 0.4) is 0 Å². The molecule has 3 N–H and O–H groups in total. The predicted molar refractivity (Wildman–Crippen MR) is 125 cm³/mol. The smallest absolute Gasteiger partial charge is 0.459 e. The van der Waals surface area contributed by atoms with Crippen LogP contribution in [0.4, 0.5) is 4.39 Å². The maximum atomic E-state index is 13.8. The van der Waals surface area contributed by atoms with Crippen molar-refractivity contribution in [2.45, 2.75) is 58.3 Å². The lowest BCUT2D eigenvalue weighted by molar-refractivity contribution is -0.149. The minimum atomic E-state index is -4.23. The number of esters is 1. The summed E-state index contributed by atoms with van der Waals surface area (Å²) in [5.74, 6) is -2.43. The van der Waals surface area contributed by atoms with Crippen LogP contribution >= 0.6 is 7.75 Å². The molecule has 14 heteroatoms. The van der Waals surface area contributed by atoms with Crippen molar-refractivity contribution in [1.82, 2.24) is 14.6 Å². The number of rotatable bonds is 10. The number of aromatic amines is 1. The Morgan fingerprint density at radius 3 is 2.58 bits per heavy atom. The van der Waals surface area contributed by atoms with Crippen LogP contribution in [0.15, 0.2) is 46.1 Å². The van der Waals surface area contributed by atoms with Gasteiger partial charge in [-0.25, -0.2) is 9.36 Å². The molecule has 2 aromatic rings. The second-order valence-corrected chi connectivity index (χ2v) is 10.3. The third-order valence-electron chi connectivity index (χ3n) is 5.32. The number of hydrogen-bond donors (Lipinski definition) is 3. The standard InChI is InChI=1S/C22H29FN3O9P/c1-12(2)33-21(29)14(4)25-36(31,35-15-8-6-5-7-9-15)32-11-17-18(27)13(3)20(34-17)26-10-16(23)19(28)24-22(26)30/h5-10,12-14,17-18,20,27H,11H2,1-4H3,(H,25,31)(H,24,28,30)/t13?,14-,17-,18+,20?,36+/m1/s1. The predicted octanol–water partition coefficient (Wildman–Crippen LogP) is 1.70. The first kappa shape index (κ1) is 27.8. The molecule has 1 aromatic carbocycles. The first-order valence-corrected chi connectivity index (χ1v) is 12.8. The van der Waals surface area contributed by atoms with Gasteiger partial charge < -0.3 is 19.1 Å². The highest BCUT2D eigenvalue weighted by Gasteiger charge is 2.44. The van der Waals surface area contributed by atoms with Crippen LogP contribution in [-0.4, -0.2) is 51.6 Å². The van der Waals surface area contributed by atoms with E-state index in [0.29, 0.717) is 6.20 Å². The molecule has 0 radical (unpaired) electrons. The van der Waals surface area contributed by atoms with Gasteiger partial charge in [-0.05, 0) is 32.9 Å². The number of nitrogens with one attached hydrogen (secondary N) is 2. The molecule has 12 nitrogen and oxygen atoms in total. The van der Waals surface area contributed by atoms with Gasteiger partial charge in [0.05, 0.1) is 25.0 Å². The summed E-state index contributed by atoms with van der Waals surface area (Å²) < 4.78 is 50.0. The minimum Gasteiger partial charge on any atom is -0.462 e. The van der Waals surface area contributed by atoms with Crippen LogP contribution < -0.4 is 20.9 Å². The normalized spacial score (nSPS) is 24.3. The van der Waals surface area contributed by atoms with Gasteiger partial charge in [-0.15, -0.1) is 0 Å². The molecule has 1 saturated heterocycles. The van der Waals surface area contributed by atoms with Crippen molar-refractivity contribution in [2.24, 2.45) is 5.92 Å². The number of ether oxygens (including phenoxy) is 2. The van der Waals surface area contributed by atoms with E-state index < -0.39 is 73.9 Å². The number of aromatic nitrogens is 2. The van der Waals surface area contributed by atoms with Crippen LogP contribution in [0.5, 0.6) is 5.75 Å². The van der Waals surface area contributed by atoms with Crippen molar-refractivity contribution in [1.29, 1.82) is 0 Å². The third kappa shape index (κ3) is 6.68. The van der Waals surface area contributed by atoms with E-state index in [9.17, 15) is 28.4 Å². The lowest BCUT2D eigenvalue weighted by Crippen LogP contribution is -2.37. The minimum absolute atomic E-state index is 0.187. The third-order valence-corrected chi connectivity index (χ3v) is 6.96. The van der Waals surface area contributed by atoms with Crippen molar-refractivity contribution in [3.8, 4) is 5.75 Å². The summed E-state index contributed by atoms with van der Waals surface area (Å²) in [6.07, 6.45) is -3.19. The maximum absolute atomic E-state index is 13.8. The van der Waals surface area contributed by atoms with Gasteiger partial charge in [-0.3, -0.25) is 23.7 Å². The second-order valence-electron chi connectivity index (χ2n) is 8.59. The number of carbonyl (C=O) groups excluding carboxylic acids is 1. The summed E-state index contributed by atoms with van der Waals surface area (Å²) in [5.41, 5.74) is -2.11. The SMILES string of the molecule is CC(C)OC(=O)[C@@H](C)N[P@](=O)(OC[C@H]1OC(n2cc(F)c(=O)[nH]c2=O)C(C)[C@@H]1O)Oc1ccccc1. The van der Waals surface area contributed by atoms with Crippen LogP contribution in [0.1, 0.15) is 33.9 Å². The van der Waals surface area contributed by atoms with E-state index in [4.69, 9.17) is 18.5 Å². The molecule has 6 atom stereocenters. The van der Waals surface area contributed by atoms with Crippen molar-refractivity contribution >= 4 is 13.7 Å². The fourth-order valence-corrected chi connectivity index (χ4v) is 5.01. The van der Waals surface area contributed by atoms with Crippen LogP contribution in [0.2, 0.25) is 0 Å². The van der Waals surface area contributed by atoms with Gasteiger partial charge in [0.2, 0.25) is 5.82 Å². The Labute approximate surface area is 205 Å². The largest absolute Gasteiger partial charge is 0.462 e. The Bertz CT molecular complexity index is 1220. The number of nitrogens with zero attached hydrogens (tertiary/aromatic N) is 1. The zero-order chi connectivity index (χ0) is 26.6. The first-order chi connectivity index (χ1) is 16.9. The van der Waals surface area contributed by atoms with Gasteiger partial charge in [-0.2, -0.15) is 9.48 Å². The van der Waals surface area contributed by atoms with E-state index in [1.807, 2.05) is 4.98 Å². The lowest BCUT2D eigenvalue weighted by Gasteiger charge is -2.25. The number of halogens is 1. The molecule has 0 aliphatic carbocycles. The van der Waals surface area contributed by atoms with Gasteiger partial charge in [-0.1, -0.05) is 25.1 Å². The van der Waals surface area contributed by atoms with Crippen molar-refractivity contribution in [2.75, 3.05) is 6.61 Å². The summed E-state index contributed by atoms with van der Waals surface area (Å²) in [4.78, 5) is 37.6. The molecule has 1 aliphatic rings. The number of H-pyrrole nitrogens is 1. The van der Waals surface area contributed by atoms with Crippen molar-refractivity contribution in [3.63, 3.8) is 0 Å². The summed E-state index contributed by atoms with van der Waals surface area (Å²) in [6.45, 7) is 5.82. The molecule has 0 amide bonds. The van der Waals surface area contributed by atoms with E-state index in [2.05, 4.69) is 5.09 Å². The average molecular weight is 529 g/mol. The molecule has 0 bridgehead atoms. The van der Waals surface area contributed by atoms with Gasteiger partial charge in [0.1, 0.15) is 24.1 Å². The van der Waals surface area contributed by atoms with Crippen molar-refractivity contribution < 1.29 is 37.4 Å². The van der Waals surface area contributed by atoms with E-state index in [1.54, 1.807) is 39.0 Å². The van der Waals surface area contributed by atoms with Crippen LogP contribution in [-0.2, 0) is 23.4 Å². The zero-order valence-electron chi connectivity index (χ0n) is 20.1. The molecular weight excluding hydrogens is 500 g/mol. The monoisotopic (exact) mass is 529 g/mol. The van der Waals surface area contributed by atoms with Crippen molar-refractivity contribution in [3.05, 3.63) is 63.2 Å². The van der Waals surface area contributed by atoms with E-state index in [-0.39, 0.29) is 5.75 Å². The zero-order valence-corrected chi connectivity index (χ0v) is 21.0. The molecule has 3 rings (SSSR count). The fourth-order valence-electron chi connectivity index (χ4n) is 3.50. The highest BCUT2D eigenvalue weighted by atomic mass is 31.2. The Balaban J connectivity index is 1.77. The number of para-hydroxylation sites is 1. The summed E-state index contributed by atoms with van der Waals surface area (Å²) in [7, 11) is -4.23. The van der Waals surface area contributed by atoms with Gasteiger partial charge in [0, 0.05) is 5.92 Å². The number of hydrogen-bond acceptors (Lipinski definition) is 9. The number of benzene rings is 1. The maximum Gasteiger partial charge on any atom is 0.459 e. The quantitative estimate of drug-likeness (QED) is 0.306. The molecule has 2 unspecified atom stereocenters. The highest BCUT2D eigenvalue weighted by Crippen LogP contribution is 2.46. The summed E-state index contributed by atoms with van der Waals surface area (Å²) in [6, 6.07) is 7.00. The Hall–Kier alpha value is -2.83.